The van der Waals surface area contributed by atoms with Crippen LogP contribution in [0.2, 0.25) is 0 Å². The fraction of sp³-hybridized carbons (Fsp3) is 0.194. The summed E-state index contributed by atoms with van der Waals surface area (Å²) in [4.78, 5) is 27.5. The van der Waals surface area contributed by atoms with Gasteiger partial charge in [0.25, 0.3) is 0 Å². The first-order valence-corrected chi connectivity index (χ1v) is 12.5. The van der Waals surface area contributed by atoms with E-state index in [2.05, 4.69) is 82.8 Å². The number of carbonyl (C=O) groups excluding carboxylic acids is 2. The molecule has 0 bridgehead atoms. The fourth-order valence-corrected chi connectivity index (χ4v) is 5.15. The average Bonchev–Trinajstić information content (AvgIpc) is 3.42. The lowest BCUT2D eigenvalue weighted by molar-refractivity contribution is -0.117. The lowest BCUT2D eigenvalue weighted by Gasteiger charge is -2.47. The summed E-state index contributed by atoms with van der Waals surface area (Å²) in [6.45, 7) is 3.05. The van der Waals surface area contributed by atoms with E-state index in [0.29, 0.717) is 30.8 Å². The molecular formula is C31H29N3O3. The standard InChI is InChI=1S/C31H29N3O3/c1-2-37-30(36)34-21-18-28(32-34)22-24-23-33(20-19-29(24)35)31(25-12-6-3-7-13-25,26-14-8-4-9-15-26)27-16-10-5-11-17-27/h3-18,21-22H,2,19-20,23H2,1H3. The van der Waals surface area contributed by atoms with Crippen molar-refractivity contribution in [1.82, 2.24) is 14.7 Å². The second kappa shape index (κ2) is 10.8. The van der Waals surface area contributed by atoms with Gasteiger partial charge in [0.1, 0.15) is 0 Å². The second-order valence-corrected chi connectivity index (χ2v) is 8.96. The van der Waals surface area contributed by atoms with Gasteiger partial charge in [-0.25, -0.2) is 4.79 Å². The third-order valence-corrected chi connectivity index (χ3v) is 6.76. The van der Waals surface area contributed by atoms with Crippen molar-refractivity contribution in [2.75, 3.05) is 19.7 Å². The Morgan fingerprint density at radius 1 is 0.892 bits per heavy atom. The summed E-state index contributed by atoms with van der Waals surface area (Å²) in [6, 6.07) is 33.1. The summed E-state index contributed by atoms with van der Waals surface area (Å²) in [5, 5.41) is 4.31. The first-order valence-electron chi connectivity index (χ1n) is 12.5. The summed E-state index contributed by atoms with van der Waals surface area (Å²) in [6.07, 6.45) is 3.19. The van der Waals surface area contributed by atoms with Gasteiger partial charge in [0.2, 0.25) is 0 Å². The van der Waals surface area contributed by atoms with Crippen LogP contribution in [0.15, 0.2) is 109 Å². The first-order chi connectivity index (χ1) is 18.1. The number of hydrogen-bond acceptors (Lipinski definition) is 5. The van der Waals surface area contributed by atoms with Crippen molar-refractivity contribution in [2.24, 2.45) is 0 Å². The number of ether oxygens (including phenoxy) is 1. The van der Waals surface area contributed by atoms with Crippen molar-refractivity contribution in [3.05, 3.63) is 131 Å². The zero-order chi connectivity index (χ0) is 25.7. The highest BCUT2D eigenvalue weighted by molar-refractivity contribution is 6.00. The number of benzene rings is 3. The number of ketones is 1. The molecule has 0 saturated carbocycles. The Labute approximate surface area is 216 Å². The number of aromatic nitrogens is 2. The third kappa shape index (κ3) is 4.76. The largest absolute Gasteiger partial charge is 0.448 e. The Kier molecular flexibility index (Phi) is 7.10. The number of hydrogen-bond donors (Lipinski definition) is 0. The second-order valence-electron chi connectivity index (χ2n) is 8.96. The Morgan fingerprint density at radius 2 is 1.43 bits per heavy atom. The maximum Gasteiger partial charge on any atom is 0.434 e. The molecule has 1 aliphatic rings. The summed E-state index contributed by atoms with van der Waals surface area (Å²) in [5.74, 6) is 0.0880. The zero-order valence-electron chi connectivity index (χ0n) is 20.8. The molecule has 1 saturated heterocycles. The van der Waals surface area contributed by atoms with Crippen LogP contribution < -0.4 is 0 Å². The van der Waals surface area contributed by atoms with Crippen LogP contribution in [-0.4, -0.2) is 46.3 Å². The molecule has 2 heterocycles. The van der Waals surface area contributed by atoms with Gasteiger partial charge in [-0.1, -0.05) is 91.0 Å². The molecule has 0 amide bonds. The van der Waals surface area contributed by atoms with Gasteiger partial charge in [0.15, 0.2) is 5.78 Å². The van der Waals surface area contributed by atoms with Crippen LogP contribution >= 0.6 is 0 Å². The molecule has 0 atom stereocenters. The van der Waals surface area contributed by atoms with Crippen molar-refractivity contribution in [3.63, 3.8) is 0 Å². The molecule has 1 aromatic heterocycles. The molecule has 0 unspecified atom stereocenters. The quantitative estimate of drug-likeness (QED) is 0.262. The summed E-state index contributed by atoms with van der Waals surface area (Å²) in [5.41, 5.74) is 4.00. The summed E-state index contributed by atoms with van der Waals surface area (Å²) >= 11 is 0. The van der Waals surface area contributed by atoms with Crippen LogP contribution in [0.25, 0.3) is 6.08 Å². The number of nitrogens with zero attached hydrogens (tertiary/aromatic N) is 3. The lowest BCUT2D eigenvalue weighted by atomic mass is 9.74. The van der Waals surface area contributed by atoms with E-state index in [1.54, 1.807) is 25.3 Å². The van der Waals surface area contributed by atoms with Crippen LogP contribution in [0.3, 0.4) is 0 Å². The van der Waals surface area contributed by atoms with Crippen molar-refractivity contribution < 1.29 is 14.3 Å². The highest BCUT2D eigenvalue weighted by Gasteiger charge is 2.44. The number of rotatable bonds is 6. The Balaban J connectivity index is 1.62. The van der Waals surface area contributed by atoms with Crippen molar-refractivity contribution >= 4 is 18.0 Å². The minimum atomic E-state index is -0.603. The van der Waals surface area contributed by atoms with Crippen molar-refractivity contribution in [3.8, 4) is 0 Å². The predicted octanol–water partition coefficient (Wildman–Crippen LogP) is 5.54. The fourth-order valence-electron chi connectivity index (χ4n) is 5.15. The van der Waals surface area contributed by atoms with E-state index >= 15 is 0 Å². The predicted molar refractivity (Wildman–Crippen MR) is 143 cm³/mol. The molecule has 0 radical (unpaired) electrons. The molecule has 0 spiro atoms. The van der Waals surface area contributed by atoms with Gasteiger partial charge in [-0.05, 0) is 35.8 Å². The summed E-state index contributed by atoms with van der Waals surface area (Å²) < 4.78 is 6.18. The van der Waals surface area contributed by atoms with Crippen LogP contribution in [0.4, 0.5) is 4.79 Å². The van der Waals surface area contributed by atoms with Crippen LogP contribution in [-0.2, 0) is 15.1 Å². The number of piperidine rings is 1. The maximum absolute atomic E-state index is 13.1. The first kappa shape index (κ1) is 24.4. The average molecular weight is 492 g/mol. The van der Waals surface area contributed by atoms with Crippen LogP contribution in [0.1, 0.15) is 35.7 Å². The van der Waals surface area contributed by atoms with E-state index in [1.807, 2.05) is 18.2 Å². The normalized spacial score (nSPS) is 15.6. The van der Waals surface area contributed by atoms with E-state index in [1.165, 1.54) is 0 Å². The van der Waals surface area contributed by atoms with E-state index in [-0.39, 0.29) is 12.4 Å². The highest BCUT2D eigenvalue weighted by Crippen LogP contribution is 2.43. The van der Waals surface area contributed by atoms with Gasteiger partial charge in [-0.3, -0.25) is 9.69 Å². The van der Waals surface area contributed by atoms with Gasteiger partial charge in [0.05, 0.1) is 17.8 Å². The monoisotopic (exact) mass is 491 g/mol. The molecule has 1 aliphatic heterocycles. The number of Topliss-reactive ketones (excluding diaryl/α,β-unsaturated/α-hetero) is 1. The van der Waals surface area contributed by atoms with Gasteiger partial charge in [-0.15, -0.1) is 0 Å². The highest BCUT2D eigenvalue weighted by atomic mass is 16.5. The minimum Gasteiger partial charge on any atom is -0.448 e. The van der Waals surface area contributed by atoms with E-state index in [9.17, 15) is 9.59 Å². The van der Waals surface area contributed by atoms with Crippen LogP contribution in [0.5, 0.6) is 0 Å². The summed E-state index contributed by atoms with van der Waals surface area (Å²) in [7, 11) is 0. The van der Waals surface area contributed by atoms with Crippen molar-refractivity contribution in [1.29, 1.82) is 0 Å². The van der Waals surface area contributed by atoms with E-state index in [4.69, 9.17) is 4.74 Å². The van der Waals surface area contributed by atoms with Gasteiger partial charge < -0.3 is 4.74 Å². The maximum atomic E-state index is 13.1. The Morgan fingerprint density at radius 3 is 1.95 bits per heavy atom. The molecule has 4 aromatic rings. The topological polar surface area (TPSA) is 64.4 Å². The third-order valence-electron chi connectivity index (χ3n) is 6.76. The van der Waals surface area contributed by atoms with Crippen LogP contribution in [0, 0.1) is 0 Å². The molecule has 5 rings (SSSR count). The molecule has 0 aliphatic carbocycles. The Bertz CT molecular complexity index is 1300. The zero-order valence-corrected chi connectivity index (χ0v) is 20.8. The molecule has 1 fully saturated rings. The lowest BCUT2D eigenvalue weighted by Crippen LogP contribution is -2.52. The smallest absolute Gasteiger partial charge is 0.434 e. The van der Waals surface area contributed by atoms with Gasteiger partial charge >= 0.3 is 6.09 Å². The van der Waals surface area contributed by atoms with E-state index in [0.717, 1.165) is 21.4 Å². The minimum absolute atomic E-state index is 0.0880. The molecule has 0 N–H and O–H groups in total. The SMILES string of the molecule is CCOC(=O)n1ccc(C=C2CN(C(c3ccccc3)(c3ccccc3)c3ccccc3)CCC2=O)n1. The Hall–Kier alpha value is -4.29. The molecular weight excluding hydrogens is 462 g/mol. The molecule has 186 valence electrons. The van der Waals surface area contributed by atoms with Crippen molar-refractivity contribution in [2.45, 2.75) is 18.9 Å². The number of carbonyl (C=O) groups is 2. The van der Waals surface area contributed by atoms with E-state index < -0.39 is 11.6 Å². The molecule has 6 heteroatoms. The molecule has 37 heavy (non-hydrogen) atoms. The van der Waals surface area contributed by atoms with Gasteiger partial charge in [0, 0.05) is 31.3 Å². The molecule has 3 aromatic carbocycles. The van der Waals surface area contributed by atoms with Gasteiger partial charge in [-0.2, -0.15) is 9.78 Å². The molecule has 6 nitrogen and oxygen atoms in total. The number of likely N-dealkylation sites (tertiary alicyclic amines) is 1.